The van der Waals surface area contributed by atoms with Gasteiger partial charge in [-0.15, -0.1) is 0 Å². The molecule has 0 amide bonds. The second kappa shape index (κ2) is 5.48. The Labute approximate surface area is 97.4 Å². The van der Waals surface area contributed by atoms with Crippen molar-refractivity contribution in [3.63, 3.8) is 0 Å². The van der Waals surface area contributed by atoms with Gasteiger partial charge in [-0.05, 0) is 18.4 Å². The summed E-state index contributed by atoms with van der Waals surface area (Å²) in [6.45, 7) is 2.49. The maximum Gasteiger partial charge on any atom is 0.418 e. The highest BCUT2D eigenvalue weighted by Crippen LogP contribution is 2.34. The van der Waals surface area contributed by atoms with Gasteiger partial charge in [0.15, 0.2) is 0 Å². The lowest BCUT2D eigenvalue weighted by atomic mass is 10.1. The van der Waals surface area contributed by atoms with Gasteiger partial charge in [0.05, 0.1) is 5.56 Å². The van der Waals surface area contributed by atoms with Crippen LogP contribution < -0.4 is 5.32 Å². The average Bonchev–Trinajstić information content (AvgIpc) is 2.25. The van der Waals surface area contributed by atoms with Crippen molar-refractivity contribution in [2.24, 2.45) is 0 Å². The van der Waals surface area contributed by atoms with E-state index in [1.54, 1.807) is 17.8 Å². The number of thioether (sulfide) groups is 1. The van der Waals surface area contributed by atoms with Gasteiger partial charge in [-0.3, -0.25) is 0 Å². The third-order valence-electron chi connectivity index (χ3n) is 2.21. The predicted octanol–water partition coefficient (Wildman–Crippen LogP) is 3.87. The number of hydrogen-bond acceptors (Lipinski definition) is 2. The zero-order chi connectivity index (χ0) is 12.2. The Kier molecular flexibility index (Phi) is 4.53. The molecule has 1 aromatic rings. The molecule has 0 aliphatic heterocycles. The molecule has 0 aliphatic rings. The van der Waals surface area contributed by atoms with Crippen LogP contribution >= 0.6 is 11.8 Å². The molecule has 0 bridgehead atoms. The van der Waals surface area contributed by atoms with E-state index in [0.29, 0.717) is 6.54 Å². The molecule has 0 spiro atoms. The lowest BCUT2D eigenvalue weighted by molar-refractivity contribution is -0.136. The molecule has 0 heterocycles. The SMILES string of the molecule is CSC(C)CNc1ccccc1C(F)(F)F. The molecule has 1 N–H and O–H groups in total. The van der Waals surface area contributed by atoms with Crippen LogP contribution in [0.3, 0.4) is 0 Å². The number of anilines is 1. The van der Waals surface area contributed by atoms with Gasteiger partial charge in [0.1, 0.15) is 0 Å². The monoisotopic (exact) mass is 249 g/mol. The number of alkyl halides is 3. The molecule has 0 saturated heterocycles. The van der Waals surface area contributed by atoms with Crippen LogP contribution in [-0.4, -0.2) is 18.1 Å². The van der Waals surface area contributed by atoms with Crippen molar-refractivity contribution in [3.8, 4) is 0 Å². The van der Waals surface area contributed by atoms with Crippen LogP contribution in [0.15, 0.2) is 24.3 Å². The van der Waals surface area contributed by atoms with Crippen molar-refractivity contribution < 1.29 is 13.2 Å². The van der Waals surface area contributed by atoms with Gasteiger partial charge in [0, 0.05) is 17.5 Å². The molecule has 0 fully saturated rings. The molecule has 5 heteroatoms. The first-order chi connectivity index (χ1) is 7.45. The summed E-state index contributed by atoms with van der Waals surface area (Å²) in [5, 5.41) is 3.11. The maximum atomic E-state index is 12.6. The molecular formula is C11H14F3NS. The number of hydrogen-bond donors (Lipinski definition) is 1. The van der Waals surface area contributed by atoms with Crippen LogP contribution in [0.25, 0.3) is 0 Å². The smallest absolute Gasteiger partial charge is 0.383 e. The summed E-state index contributed by atoms with van der Waals surface area (Å²) >= 11 is 1.61. The normalized spacial score (nSPS) is 13.6. The van der Waals surface area contributed by atoms with Crippen LogP contribution in [-0.2, 0) is 6.18 Å². The number of halogens is 3. The van der Waals surface area contributed by atoms with Gasteiger partial charge in [0.25, 0.3) is 0 Å². The highest BCUT2D eigenvalue weighted by atomic mass is 32.2. The molecule has 1 unspecified atom stereocenters. The van der Waals surface area contributed by atoms with Crippen molar-refractivity contribution in [1.82, 2.24) is 0 Å². The number of para-hydroxylation sites is 1. The zero-order valence-corrected chi connectivity index (χ0v) is 9.95. The summed E-state index contributed by atoms with van der Waals surface area (Å²) in [4.78, 5) is 0. The molecule has 16 heavy (non-hydrogen) atoms. The van der Waals surface area contributed by atoms with Crippen LogP contribution in [0.2, 0.25) is 0 Å². The first kappa shape index (κ1) is 13.2. The van der Waals surface area contributed by atoms with E-state index in [4.69, 9.17) is 0 Å². The van der Waals surface area contributed by atoms with Crippen LogP contribution in [0.5, 0.6) is 0 Å². The van der Waals surface area contributed by atoms with E-state index in [0.717, 1.165) is 6.07 Å². The Morgan fingerprint density at radius 2 is 1.94 bits per heavy atom. The van der Waals surface area contributed by atoms with Gasteiger partial charge in [-0.1, -0.05) is 19.1 Å². The number of benzene rings is 1. The van der Waals surface area contributed by atoms with E-state index in [2.05, 4.69) is 5.32 Å². The minimum Gasteiger partial charge on any atom is -0.383 e. The maximum absolute atomic E-state index is 12.6. The van der Waals surface area contributed by atoms with Gasteiger partial charge in [-0.2, -0.15) is 24.9 Å². The van der Waals surface area contributed by atoms with Gasteiger partial charge < -0.3 is 5.32 Å². The Balaban J connectivity index is 2.80. The largest absolute Gasteiger partial charge is 0.418 e. The third-order valence-corrected chi connectivity index (χ3v) is 3.19. The Bertz CT molecular complexity index is 338. The quantitative estimate of drug-likeness (QED) is 0.869. The fourth-order valence-electron chi connectivity index (χ4n) is 1.22. The van der Waals surface area contributed by atoms with E-state index in [9.17, 15) is 13.2 Å². The molecule has 1 nitrogen and oxygen atoms in total. The van der Waals surface area contributed by atoms with Gasteiger partial charge in [0.2, 0.25) is 0 Å². The fourth-order valence-corrected chi connectivity index (χ4v) is 1.47. The molecule has 1 rings (SSSR count). The van der Waals surface area contributed by atoms with E-state index in [-0.39, 0.29) is 10.9 Å². The molecule has 1 aromatic carbocycles. The number of rotatable bonds is 4. The topological polar surface area (TPSA) is 12.0 Å². The van der Waals surface area contributed by atoms with Crippen molar-refractivity contribution in [3.05, 3.63) is 29.8 Å². The second-order valence-corrected chi connectivity index (χ2v) is 4.75. The van der Waals surface area contributed by atoms with Crippen molar-refractivity contribution in [1.29, 1.82) is 0 Å². The summed E-state index contributed by atoms with van der Waals surface area (Å²) in [6.07, 6.45) is -2.37. The molecule has 1 atom stereocenters. The summed E-state index contributed by atoms with van der Waals surface area (Å²) in [7, 11) is 0. The lowest BCUT2D eigenvalue weighted by Crippen LogP contribution is -2.16. The van der Waals surface area contributed by atoms with Crippen LogP contribution in [0.4, 0.5) is 18.9 Å². The first-order valence-electron chi connectivity index (χ1n) is 4.88. The molecule has 0 saturated carbocycles. The summed E-state index contributed by atoms with van der Waals surface area (Å²) < 4.78 is 37.8. The molecule has 0 aromatic heterocycles. The first-order valence-corrected chi connectivity index (χ1v) is 6.17. The minimum absolute atomic E-state index is 0.149. The highest BCUT2D eigenvalue weighted by Gasteiger charge is 2.33. The van der Waals surface area contributed by atoms with Crippen molar-refractivity contribution in [2.75, 3.05) is 18.1 Å². The second-order valence-electron chi connectivity index (χ2n) is 3.47. The van der Waals surface area contributed by atoms with Crippen LogP contribution in [0, 0.1) is 0 Å². The average molecular weight is 249 g/mol. The standard InChI is InChI=1S/C11H14F3NS/c1-8(16-2)7-15-10-6-4-3-5-9(10)11(12,13)14/h3-6,8,15H,7H2,1-2H3. The minimum atomic E-state index is -4.30. The van der Waals surface area contributed by atoms with Gasteiger partial charge >= 0.3 is 6.18 Å². The lowest BCUT2D eigenvalue weighted by Gasteiger charge is -2.16. The molecule has 90 valence electrons. The zero-order valence-electron chi connectivity index (χ0n) is 9.14. The molecule has 0 aliphatic carbocycles. The number of nitrogens with one attached hydrogen (secondary N) is 1. The fraction of sp³-hybridized carbons (Fsp3) is 0.455. The Morgan fingerprint density at radius 3 is 2.50 bits per heavy atom. The van der Waals surface area contributed by atoms with E-state index in [1.807, 2.05) is 13.2 Å². The van der Waals surface area contributed by atoms with Crippen LogP contribution in [0.1, 0.15) is 12.5 Å². The van der Waals surface area contributed by atoms with Gasteiger partial charge in [-0.25, -0.2) is 0 Å². The Morgan fingerprint density at radius 1 is 1.31 bits per heavy atom. The predicted molar refractivity (Wildman–Crippen MR) is 62.9 cm³/mol. The third kappa shape index (κ3) is 3.63. The van der Waals surface area contributed by atoms with E-state index >= 15 is 0 Å². The summed E-state index contributed by atoms with van der Waals surface area (Å²) in [6, 6.07) is 5.54. The highest BCUT2D eigenvalue weighted by molar-refractivity contribution is 7.99. The van der Waals surface area contributed by atoms with E-state index < -0.39 is 11.7 Å². The summed E-state index contributed by atoms with van der Waals surface area (Å²) in [5.41, 5.74) is -0.459. The molecular weight excluding hydrogens is 235 g/mol. The van der Waals surface area contributed by atoms with E-state index in [1.165, 1.54) is 12.1 Å². The van der Waals surface area contributed by atoms with Crippen molar-refractivity contribution >= 4 is 17.4 Å². The molecule has 0 radical (unpaired) electrons. The van der Waals surface area contributed by atoms with Crippen molar-refractivity contribution in [2.45, 2.75) is 18.3 Å². The Hall–Kier alpha value is -0.840. The summed E-state index contributed by atoms with van der Waals surface area (Å²) in [5.74, 6) is 0.